The number of nitrogens with zero attached hydrogens (tertiary/aromatic N) is 1. The van der Waals surface area contributed by atoms with Crippen molar-refractivity contribution in [1.82, 2.24) is 4.98 Å². The summed E-state index contributed by atoms with van der Waals surface area (Å²) in [7, 11) is 0. The molecule has 8 heteroatoms. The maximum Gasteiger partial charge on any atom is 0.221 e. The number of aromatic nitrogens is 1. The zero-order valence-corrected chi connectivity index (χ0v) is 13.3. The molecule has 0 aliphatic heterocycles. The minimum Gasteiger partial charge on any atom is -0.390 e. The Kier molecular flexibility index (Phi) is 5.00. The average Bonchev–Trinajstić information content (AvgIpc) is 2.44. The van der Waals surface area contributed by atoms with Crippen LogP contribution in [0.1, 0.15) is 5.69 Å². The van der Waals surface area contributed by atoms with E-state index in [-0.39, 0.29) is 48.5 Å². The van der Waals surface area contributed by atoms with Crippen LogP contribution in [-0.2, 0) is 6.61 Å². The summed E-state index contributed by atoms with van der Waals surface area (Å²) in [6, 6.07) is 2.81. The minimum atomic E-state index is -0.852. The number of aliphatic hydroxyl groups is 1. The fourth-order valence-electron chi connectivity index (χ4n) is 1.59. The Labute approximate surface area is 139 Å². The molecule has 106 valence electrons. The molecule has 0 bridgehead atoms. The van der Waals surface area contributed by atoms with Gasteiger partial charge in [-0.05, 0) is 12.1 Å². The summed E-state index contributed by atoms with van der Waals surface area (Å²) in [5.41, 5.74) is 0.282. The summed E-state index contributed by atoms with van der Waals surface area (Å²) >= 11 is 29.8. The molecule has 0 saturated heterocycles. The molecule has 20 heavy (non-hydrogen) atoms. The molecular weight excluding hydrogens is 370 g/mol. The third kappa shape index (κ3) is 2.71. The van der Waals surface area contributed by atoms with Crippen LogP contribution >= 0.6 is 58.0 Å². The third-order valence-electron chi connectivity index (χ3n) is 2.55. The van der Waals surface area contributed by atoms with Crippen molar-refractivity contribution >= 4 is 58.0 Å². The maximum absolute atomic E-state index is 14.0. The minimum absolute atomic E-state index is 0.00701. The Morgan fingerprint density at radius 3 is 1.85 bits per heavy atom. The van der Waals surface area contributed by atoms with Crippen molar-refractivity contribution in [3.63, 3.8) is 0 Å². The third-order valence-corrected chi connectivity index (χ3v) is 4.82. The van der Waals surface area contributed by atoms with Gasteiger partial charge in [-0.25, -0.2) is 4.98 Å². The molecular formula is C12H5Cl5FNO. The summed E-state index contributed by atoms with van der Waals surface area (Å²) in [5.74, 6) is -0.852. The van der Waals surface area contributed by atoms with Crippen LogP contribution in [0.4, 0.5) is 4.39 Å². The molecule has 0 aliphatic rings. The van der Waals surface area contributed by atoms with Gasteiger partial charge in [-0.2, -0.15) is 4.39 Å². The first kappa shape index (κ1) is 16.1. The number of halogens is 6. The summed E-state index contributed by atoms with van der Waals surface area (Å²) in [6.07, 6.45) is 0. The van der Waals surface area contributed by atoms with Crippen LogP contribution in [0, 0.1) is 5.95 Å². The topological polar surface area (TPSA) is 33.1 Å². The van der Waals surface area contributed by atoms with E-state index in [1.165, 1.54) is 12.1 Å². The first-order valence-electron chi connectivity index (χ1n) is 5.16. The predicted molar refractivity (Wildman–Crippen MR) is 80.6 cm³/mol. The molecule has 0 radical (unpaired) electrons. The van der Waals surface area contributed by atoms with Crippen molar-refractivity contribution in [2.45, 2.75) is 6.61 Å². The van der Waals surface area contributed by atoms with E-state index in [2.05, 4.69) is 4.98 Å². The lowest BCUT2D eigenvalue weighted by Gasteiger charge is -2.13. The van der Waals surface area contributed by atoms with Gasteiger partial charge in [0.1, 0.15) is 0 Å². The Balaban J connectivity index is 2.76. The highest BCUT2D eigenvalue weighted by atomic mass is 35.5. The number of hydrogen-bond acceptors (Lipinski definition) is 2. The van der Waals surface area contributed by atoms with Crippen molar-refractivity contribution in [2.24, 2.45) is 0 Å². The first-order chi connectivity index (χ1) is 9.38. The van der Waals surface area contributed by atoms with Crippen LogP contribution in [0.25, 0.3) is 11.1 Å². The fraction of sp³-hybridized carbons (Fsp3) is 0.0833. The van der Waals surface area contributed by atoms with Crippen molar-refractivity contribution in [2.75, 3.05) is 0 Å². The van der Waals surface area contributed by atoms with Crippen molar-refractivity contribution in [3.8, 4) is 11.1 Å². The van der Waals surface area contributed by atoms with Gasteiger partial charge in [0.2, 0.25) is 5.95 Å². The SMILES string of the molecule is OCc1ccc(-c2c(Cl)c(Cl)c(Cl)c(Cl)c2Cl)c(F)n1. The van der Waals surface area contributed by atoms with Gasteiger partial charge in [0.25, 0.3) is 0 Å². The smallest absolute Gasteiger partial charge is 0.221 e. The summed E-state index contributed by atoms with van der Waals surface area (Å²) < 4.78 is 14.0. The summed E-state index contributed by atoms with van der Waals surface area (Å²) in [5, 5.41) is 8.81. The average molecular weight is 375 g/mol. The van der Waals surface area contributed by atoms with E-state index in [1.807, 2.05) is 0 Å². The number of hydrogen-bond donors (Lipinski definition) is 1. The van der Waals surface area contributed by atoms with Gasteiger partial charge in [-0.3, -0.25) is 0 Å². The molecule has 1 N–H and O–H groups in total. The molecule has 0 amide bonds. The molecule has 0 saturated carbocycles. The number of benzene rings is 1. The van der Waals surface area contributed by atoms with Crippen LogP contribution in [0.15, 0.2) is 12.1 Å². The van der Waals surface area contributed by atoms with Gasteiger partial charge in [-0.15, -0.1) is 0 Å². The highest BCUT2D eigenvalue weighted by Gasteiger charge is 2.22. The van der Waals surface area contributed by atoms with Gasteiger partial charge in [-0.1, -0.05) is 58.0 Å². The Morgan fingerprint density at radius 1 is 0.900 bits per heavy atom. The lowest BCUT2D eigenvalue weighted by Crippen LogP contribution is -1.97. The summed E-state index contributed by atoms with van der Waals surface area (Å²) in [6.45, 7) is -0.388. The first-order valence-corrected chi connectivity index (χ1v) is 7.05. The largest absolute Gasteiger partial charge is 0.390 e. The quantitative estimate of drug-likeness (QED) is 0.418. The molecule has 1 aromatic carbocycles. The number of aliphatic hydroxyl groups excluding tert-OH is 1. The van der Waals surface area contributed by atoms with E-state index in [1.54, 1.807) is 0 Å². The second-order valence-electron chi connectivity index (χ2n) is 3.74. The zero-order valence-electron chi connectivity index (χ0n) is 9.52. The zero-order chi connectivity index (χ0) is 15.0. The molecule has 2 rings (SSSR count). The van der Waals surface area contributed by atoms with Crippen LogP contribution in [0.2, 0.25) is 25.1 Å². The molecule has 1 aromatic heterocycles. The second-order valence-corrected chi connectivity index (χ2v) is 5.63. The van der Waals surface area contributed by atoms with E-state index in [4.69, 9.17) is 63.1 Å². The van der Waals surface area contributed by atoms with Crippen LogP contribution in [-0.4, -0.2) is 10.1 Å². The van der Waals surface area contributed by atoms with Gasteiger partial charge < -0.3 is 5.11 Å². The Hall–Kier alpha value is -0.290. The maximum atomic E-state index is 14.0. The lowest BCUT2D eigenvalue weighted by atomic mass is 10.1. The molecule has 1 heterocycles. The molecule has 0 spiro atoms. The number of rotatable bonds is 2. The highest BCUT2D eigenvalue weighted by molar-refractivity contribution is 6.56. The molecule has 0 aliphatic carbocycles. The van der Waals surface area contributed by atoms with Crippen LogP contribution < -0.4 is 0 Å². The Bertz CT molecular complexity index is 663. The number of pyridine rings is 1. The Morgan fingerprint density at radius 2 is 1.40 bits per heavy atom. The van der Waals surface area contributed by atoms with Gasteiger partial charge in [0.05, 0.1) is 37.4 Å². The highest BCUT2D eigenvalue weighted by Crippen LogP contribution is 2.48. The van der Waals surface area contributed by atoms with Gasteiger partial charge in [0, 0.05) is 11.1 Å². The normalized spacial score (nSPS) is 10.9. The van der Waals surface area contributed by atoms with E-state index in [0.717, 1.165) is 0 Å². The van der Waals surface area contributed by atoms with E-state index >= 15 is 0 Å². The van der Waals surface area contributed by atoms with Gasteiger partial charge in [0.15, 0.2) is 0 Å². The monoisotopic (exact) mass is 373 g/mol. The van der Waals surface area contributed by atoms with Crippen molar-refractivity contribution in [1.29, 1.82) is 0 Å². The molecule has 2 aromatic rings. The predicted octanol–water partition coefficient (Wildman–Crippen LogP) is 5.65. The lowest BCUT2D eigenvalue weighted by molar-refractivity contribution is 0.275. The fourth-order valence-corrected chi connectivity index (χ4v) is 2.93. The molecule has 2 nitrogen and oxygen atoms in total. The van der Waals surface area contributed by atoms with E-state index in [0.29, 0.717) is 0 Å². The van der Waals surface area contributed by atoms with Crippen molar-refractivity contribution in [3.05, 3.63) is 48.9 Å². The van der Waals surface area contributed by atoms with Crippen LogP contribution in [0.5, 0.6) is 0 Å². The molecule has 0 fully saturated rings. The standard InChI is InChI=1S/C12H5Cl5FNO/c13-7-6(8(14)10(16)11(17)9(7)15)5-2-1-4(3-20)19-12(5)18/h1-2,20H,3H2. The second kappa shape index (κ2) is 6.22. The van der Waals surface area contributed by atoms with E-state index < -0.39 is 5.95 Å². The molecule has 0 atom stereocenters. The van der Waals surface area contributed by atoms with E-state index in [9.17, 15) is 4.39 Å². The van der Waals surface area contributed by atoms with Crippen molar-refractivity contribution < 1.29 is 9.50 Å². The summed E-state index contributed by atoms with van der Waals surface area (Å²) in [4.78, 5) is 3.58. The molecule has 0 unspecified atom stereocenters. The van der Waals surface area contributed by atoms with Gasteiger partial charge >= 0.3 is 0 Å². The van der Waals surface area contributed by atoms with Crippen LogP contribution in [0.3, 0.4) is 0 Å².